The lowest BCUT2D eigenvalue weighted by Gasteiger charge is -2.19. The maximum Gasteiger partial charge on any atom is 0.413 e. The Kier molecular flexibility index (Phi) is 3.55. The van der Waals surface area contributed by atoms with Gasteiger partial charge in [-0.2, -0.15) is 0 Å². The Labute approximate surface area is 93.0 Å². The second-order valence-electron chi connectivity index (χ2n) is 4.07. The second kappa shape index (κ2) is 4.69. The third-order valence-electron chi connectivity index (χ3n) is 1.42. The number of aldehydes is 1. The van der Waals surface area contributed by atoms with E-state index in [1.165, 1.54) is 12.4 Å². The van der Waals surface area contributed by atoms with Gasteiger partial charge in [0.1, 0.15) is 11.3 Å². The van der Waals surface area contributed by atoms with Crippen molar-refractivity contribution in [2.24, 2.45) is 0 Å². The van der Waals surface area contributed by atoms with Crippen LogP contribution in [0.25, 0.3) is 0 Å². The number of hydrogen-bond acceptors (Lipinski definition) is 5. The standard InChI is InChI=1S/C10H13N3O3/c1-10(2,3)16-9(15)13-8-5-11-7(6-14)4-12-8/h4-6H,1-3H3,(H,12,13,15). The van der Waals surface area contributed by atoms with Crippen LogP contribution in [0, 0.1) is 0 Å². The highest BCUT2D eigenvalue weighted by molar-refractivity contribution is 5.83. The number of amides is 1. The van der Waals surface area contributed by atoms with Gasteiger partial charge in [-0.1, -0.05) is 0 Å². The van der Waals surface area contributed by atoms with Crippen LogP contribution < -0.4 is 5.32 Å². The Morgan fingerprint density at radius 1 is 1.38 bits per heavy atom. The molecule has 1 rings (SSSR count). The van der Waals surface area contributed by atoms with Crippen molar-refractivity contribution in [3.63, 3.8) is 0 Å². The molecule has 0 aromatic carbocycles. The molecular weight excluding hydrogens is 210 g/mol. The number of nitrogens with zero attached hydrogens (tertiary/aromatic N) is 2. The van der Waals surface area contributed by atoms with E-state index < -0.39 is 11.7 Å². The van der Waals surface area contributed by atoms with Gasteiger partial charge in [0, 0.05) is 0 Å². The van der Waals surface area contributed by atoms with Crippen LogP contribution in [0.5, 0.6) is 0 Å². The lowest BCUT2D eigenvalue weighted by atomic mass is 10.2. The van der Waals surface area contributed by atoms with Crippen LogP contribution >= 0.6 is 0 Å². The highest BCUT2D eigenvalue weighted by Crippen LogP contribution is 2.09. The average Bonchev–Trinajstić information content (AvgIpc) is 2.16. The first-order valence-electron chi connectivity index (χ1n) is 4.68. The van der Waals surface area contributed by atoms with Gasteiger partial charge in [-0.15, -0.1) is 0 Å². The summed E-state index contributed by atoms with van der Waals surface area (Å²) < 4.78 is 5.01. The van der Waals surface area contributed by atoms with Gasteiger partial charge in [0.15, 0.2) is 12.1 Å². The molecule has 0 aliphatic heterocycles. The van der Waals surface area contributed by atoms with E-state index in [1.54, 1.807) is 20.8 Å². The highest BCUT2D eigenvalue weighted by atomic mass is 16.6. The van der Waals surface area contributed by atoms with Gasteiger partial charge < -0.3 is 4.74 Å². The Bertz CT molecular complexity index is 381. The van der Waals surface area contributed by atoms with Crippen molar-refractivity contribution in [3.8, 4) is 0 Å². The molecule has 0 aliphatic rings. The molecule has 6 nitrogen and oxygen atoms in total. The quantitative estimate of drug-likeness (QED) is 0.771. The zero-order valence-electron chi connectivity index (χ0n) is 9.35. The molecule has 0 unspecified atom stereocenters. The van der Waals surface area contributed by atoms with Gasteiger partial charge in [-0.3, -0.25) is 10.1 Å². The molecule has 0 saturated heterocycles. The van der Waals surface area contributed by atoms with E-state index in [2.05, 4.69) is 15.3 Å². The van der Waals surface area contributed by atoms with Crippen molar-refractivity contribution >= 4 is 18.2 Å². The van der Waals surface area contributed by atoms with E-state index in [4.69, 9.17) is 4.74 Å². The van der Waals surface area contributed by atoms with Crippen molar-refractivity contribution in [3.05, 3.63) is 18.1 Å². The molecule has 0 fully saturated rings. The normalized spacial score (nSPS) is 10.7. The van der Waals surface area contributed by atoms with Crippen molar-refractivity contribution in [1.29, 1.82) is 0 Å². The predicted octanol–water partition coefficient (Wildman–Crippen LogP) is 1.64. The zero-order chi connectivity index (χ0) is 12.2. The molecule has 0 bridgehead atoms. The van der Waals surface area contributed by atoms with Gasteiger partial charge in [-0.25, -0.2) is 14.8 Å². The first-order valence-corrected chi connectivity index (χ1v) is 4.68. The molecule has 1 amide bonds. The van der Waals surface area contributed by atoms with Crippen LogP contribution in [0.4, 0.5) is 10.6 Å². The van der Waals surface area contributed by atoms with E-state index in [1.807, 2.05) is 0 Å². The molecule has 0 spiro atoms. The molecule has 0 atom stereocenters. The fourth-order valence-corrected chi connectivity index (χ4v) is 0.872. The van der Waals surface area contributed by atoms with E-state index in [-0.39, 0.29) is 11.5 Å². The van der Waals surface area contributed by atoms with Gasteiger partial charge in [0.25, 0.3) is 0 Å². The molecule has 1 aromatic heterocycles. The largest absolute Gasteiger partial charge is 0.444 e. The molecule has 0 radical (unpaired) electrons. The van der Waals surface area contributed by atoms with Crippen LogP contribution in [0.2, 0.25) is 0 Å². The second-order valence-corrected chi connectivity index (χ2v) is 4.07. The third kappa shape index (κ3) is 4.04. The summed E-state index contributed by atoms with van der Waals surface area (Å²) in [5.41, 5.74) is -0.366. The summed E-state index contributed by atoms with van der Waals surface area (Å²) in [6.45, 7) is 5.27. The average molecular weight is 223 g/mol. The number of nitrogens with one attached hydrogen (secondary N) is 1. The Balaban J connectivity index is 2.59. The van der Waals surface area contributed by atoms with Crippen molar-refractivity contribution in [2.45, 2.75) is 26.4 Å². The highest BCUT2D eigenvalue weighted by Gasteiger charge is 2.16. The van der Waals surface area contributed by atoms with Crippen LogP contribution in [0.1, 0.15) is 31.3 Å². The lowest BCUT2D eigenvalue weighted by molar-refractivity contribution is 0.0635. The fourth-order valence-electron chi connectivity index (χ4n) is 0.872. The van der Waals surface area contributed by atoms with Crippen LogP contribution in [0.3, 0.4) is 0 Å². The molecule has 0 aliphatic carbocycles. The Hall–Kier alpha value is -1.98. The molecule has 0 saturated carbocycles. The summed E-state index contributed by atoms with van der Waals surface area (Å²) in [6.07, 6.45) is 2.51. The number of ether oxygens (including phenoxy) is 1. The van der Waals surface area contributed by atoms with Crippen molar-refractivity contribution in [1.82, 2.24) is 9.97 Å². The van der Waals surface area contributed by atoms with E-state index >= 15 is 0 Å². The zero-order valence-corrected chi connectivity index (χ0v) is 9.35. The maximum atomic E-state index is 11.3. The summed E-state index contributed by atoms with van der Waals surface area (Å²) in [4.78, 5) is 29.2. The molecule has 16 heavy (non-hydrogen) atoms. The summed E-state index contributed by atoms with van der Waals surface area (Å²) in [6, 6.07) is 0. The van der Waals surface area contributed by atoms with Crippen LogP contribution in [-0.4, -0.2) is 27.9 Å². The lowest BCUT2D eigenvalue weighted by Crippen LogP contribution is -2.27. The topological polar surface area (TPSA) is 81.2 Å². The fraction of sp³-hybridized carbons (Fsp3) is 0.400. The number of carbonyl (C=O) groups excluding carboxylic acids is 2. The molecule has 6 heteroatoms. The van der Waals surface area contributed by atoms with Gasteiger partial charge in [0.05, 0.1) is 12.4 Å². The molecular formula is C10H13N3O3. The summed E-state index contributed by atoms with van der Waals surface area (Å²) >= 11 is 0. The number of anilines is 1. The summed E-state index contributed by atoms with van der Waals surface area (Å²) in [5.74, 6) is 0.236. The molecule has 1 heterocycles. The third-order valence-corrected chi connectivity index (χ3v) is 1.42. The van der Waals surface area contributed by atoms with Gasteiger partial charge in [0.2, 0.25) is 0 Å². The van der Waals surface area contributed by atoms with E-state index in [0.29, 0.717) is 6.29 Å². The smallest absolute Gasteiger partial charge is 0.413 e. The predicted molar refractivity (Wildman–Crippen MR) is 57.3 cm³/mol. The Morgan fingerprint density at radius 2 is 2.06 bits per heavy atom. The minimum absolute atomic E-state index is 0.203. The molecule has 1 N–H and O–H groups in total. The minimum Gasteiger partial charge on any atom is -0.444 e. The van der Waals surface area contributed by atoms with E-state index in [9.17, 15) is 9.59 Å². The minimum atomic E-state index is -0.611. The number of carbonyl (C=O) groups is 2. The summed E-state index contributed by atoms with van der Waals surface area (Å²) in [7, 11) is 0. The number of rotatable bonds is 2. The SMILES string of the molecule is CC(C)(C)OC(=O)Nc1cnc(C=O)cn1. The van der Waals surface area contributed by atoms with Gasteiger partial charge >= 0.3 is 6.09 Å². The molecule has 1 aromatic rings. The van der Waals surface area contributed by atoms with Crippen molar-refractivity contribution < 1.29 is 14.3 Å². The Morgan fingerprint density at radius 3 is 2.50 bits per heavy atom. The van der Waals surface area contributed by atoms with Crippen molar-refractivity contribution in [2.75, 3.05) is 5.32 Å². The number of hydrogen-bond donors (Lipinski definition) is 1. The van der Waals surface area contributed by atoms with Crippen LogP contribution in [-0.2, 0) is 4.74 Å². The van der Waals surface area contributed by atoms with Crippen LogP contribution in [0.15, 0.2) is 12.4 Å². The van der Waals surface area contributed by atoms with Gasteiger partial charge in [-0.05, 0) is 20.8 Å². The monoisotopic (exact) mass is 223 g/mol. The molecule has 86 valence electrons. The first-order chi connectivity index (χ1) is 7.40. The summed E-state index contributed by atoms with van der Waals surface area (Å²) in [5, 5.41) is 2.40. The number of aromatic nitrogens is 2. The maximum absolute atomic E-state index is 11.3. The van der Waals surface area contributed by atoms with E-state index in [0.717, 1.165) is 0 Å². The first kappa shape index (κ1) is 12.1.